The van der Waals surface area contributed by atoms with Gasteiger partial charge in [0.2, 0.25) is 0 Å². The highest BCUT2D eigenvalue weighted by Crippen LogP contribution is 2.26. The number of carbonyl (C=O) groups is 1. The quantitative estimate of drug-likeness (QED) is 0.313. The van der Waals surface area contributed by atoms with Crippen LogP contribution < -0.4 is 15.0 Å². The number of ether oxygens (including phenoxy) is 1. The second-order valence-corrected chi connectivity index (χ2v) is 7.92. The van der Waals surface area contributed by atoms with Gasteiger partial charge in [-0.3, -0.25) is 9.78 Å². The molecule has 0 aliphatic rings. The summed E-state index contributed by atoms with van der Waals surface area (Å²) in [6, 6.07) is 14.6. The van der Waals surface area contributed by atoms with Crippen LogP contribution in [0.4, 0.5) is 15.8 Å². The monoisotopic (exact) mass is 495 g/mol. The van der Waals surface area contributed by atoms with E-state index in [1.54, 1.807) is 48.8 Å². The summed E-state index contributed by atoms with van der Waals surface area (Å²) in [6.45, 7) is 1.54. The number of carbonyl (C=O) groups excluding carboxylic acids is 1. The van der Waals surface area contributed by atoms with Crippen LogP contribution in [0.15, 0.2) is 73.3 Å². The summed E-state index contributed by atoms with van der Waals surface area (Å²) in [6.07, 6.45) is 5.21. The van der Waals surface area contributed by atoms with Crippen molar-refractivity contribution in [2.45, 2.75) is 13.0 Å². The Morgan fingerprint density at radius 2 is 1.97 bits per heavy atom. The Morgan fingerprint density at radius 1 is 1.14 bits per heavy atom. The number of hydrogen-bond acceptors (Lipinski definition) is 7. The lowest BCUT2D eigenvalue weighted by Gasteiger charge is -2.24. The number of nitrogens with zero attached hydrogens (tertiary/aromatic N) is 6. The number of nitrogens with one attached hydrogen (secondary N) is 1. The van der Waals surface area contributed by atoms with Crippen molar-refractivity contribution in [2.75, 3.05) is 29.9 Å². The topological polar surface area (TPSA) is 98.1 Å². The van der Waals surface area contributed by atoms with Crippen LogP contribution in [0, 0.1) is 5.82 Å². The van der Waals surface area contributed by atoms with Gasteiger partial charge in [-0.05, 0) is 54.1 Å². The van der Waals surface area contributed by atoms with Gasteiger partial charge in [-0.25, -0.2) is 4.39 Å². The van der Waals surface area contributed by atoms with E-state index in [1.165, 1.54) is 22.1 Å². The highest BCUT2D eigenvalue weighted by Gasteiger charge is 2.21. The zero-order valence-electron chi connectivity index (χ0n) is 18.7. The lowest BCUT2D eigenvalue weighted by molar-refractivity contribution is 0.0984. The van der Waals surface area contributed by atoms with E-state index in [4.69, 9.17) is 16.3 Å². The smallest absolute Gasteiger partial charge is 0.258 e. The molecule has 0 aliphatic carbocycles. The molecule has 0 saturated carbocycles. The summed E-state index contributed by atoms with van der Waals surface area (Å²) in [7, 11) is 0. The number of amides is 1. The third kappa shape index (κ3) is 6.73. The summed E-state index contributed by atoms with van der Waals surface area (Å²) >= 11 is 6.28. The van der Waals surface area contributed by atoms with Crippen molar-refractivity contribution in [1.82, 2.24) is 25.2 Å². The van der Waals surface area contributed by atoms with Crippen molar-refractivity contribution in [1.29, 1.82) is 0 Å². The van der Waals surface area contributed by atoms with E-state index >= 15 is 0 Å². The second-order valence-electron chi connectivity index (χ2n) is 7.48. The van der Waals surface area contributed by atoms with Gasteiger partial charge < -0.3 is 15.0 Å². The van der Waals surface area contributed by atoms with Gasteiger partial charge in [0.25, 0.3) is 5.91 Å². The van der Waals surface area contributed by atoms with Gasteiger partial charge in [0.05, 0.1) is 12.2 Å². The van der Waals surface area contributed by atoms with Crippen LogP contribution in [0.3, 0.4) is 0 Å². The highest BCUT2D eigenvalue weighted by molar-refractivity contribution is 6.31. The van der Waals surface area contributed by atoms with E-state index in [2.05, 4.69) is 25.7 Å². The Hall–Kier alpha value is -4.05. The summed E-state index contributed by atoms with van der Waals surface area (Å²) in [5, 5.41) is 15.0. The maximum absolute atomic E-state index is 14.6. The van der Waals surface area contributed by atoms with Crippen LogP contribution in [0.5, 0.6) is 5.75 Å². The molecule has 2 aromatic carbocycles. The first-order chi connectivity index (χ1) is 17.1. The molecule has 0 radical (unpaired) electrons. The third-order valence-electron chi connectivity index (χ3n) is 5.02. The van der Waals surface area contributed by atoms with Gasteiger partial charge in [0.1, 0.15) is 18.2 Å². The van der Waals surface area contributed by atoms with E-state index in [-0.39, 0.29) is 17.8 Å². The average Bonchev–Trinajstić information content (AvgIpc) is 3.39. The van der Waals surface area contributed by atoms with Gasteiger partial charge in [-0.15, -0.1) is 10.2 Å². The zero-order chi connectivity index (χ0) is 24.5. The zero-order valence-corrected chi connectivity index (χ0v) is 19.5. The summed E-state index contributed by atoms with van der Waals surface area (Å²) < 4.78 is 20.4. The molecule has 0 unspecified atom stereocenters. The first kappa shape index (κ1) is 24.1. The fourth-order valence-corrected chi connectivity index (χ4v) is 3.65. The lowest BCUT2D eigenvalue weighted by atomic mass is 10.1. The standard InChI is InChI=1S/C24H23ClFN7O2/c25-19-14-18(15-21(16-19)35-13-10-28-20-6-8-27-9-7-20)24(34)32(23-5-2-1-4-22(23)26)11-3-12-33-30-17-29-31-33/h1-2,4-9,14-17H,3,10-13H2,(H,27,28). The van der Waals surface area contributed by atoms with Gasteiger partial charge in [0.15, 0.2) is 6.33 Å². The van der Waals surface area contributed by atoms with Crippen LogP contribution >= 0.6 is 11.6 Å². The number of rotatable bonds is 11. The molecule has 1 amide bonds. The fourth-order valence-electron chi connectivity index (χ4n) is 3.42. The molecular formula is C24H23ClFN7O2. The number of aromatic nitrogens is 5. The molecule has 4 rings (SSSR count). The van der Waals surface area contributed by atoms with Gasteiger partial charge >= 0.3 is 0 Å². The number of benzene rings is 2. The van der Waals surface area contributed by atoms with E-state index in [0.29, 0.717) is 36.9 Å². The van der Waals surface area contributed by atoms with Crippen molar-refractivity contribution in [3.63, 3.8) is 0 Å². The number of anilines is 2. The largest absolute Gasteiger partial charge is 0.492 e. The van der Waals surface area contributed by atoms with Crippen molar-refractivity contribution in [2.24, 2.45) is 0 Å². The molecule has 0 atom stereocenters. The minimum atomic E-state index is -0.500. The second kappa shape index (κ2) is 11.9. The Morgan fingerprint density at radius 3 is 2.74 bits per heavy atom. The summed E-state index contributed by atoms with van der Waals surface area (Å²) in [5.74, 6) is -0.456. The number of para-hydroxylation sites is 1. The molecule has 0 fully saturated rings. The molecular weight excluding hydrogens is 473 g/mol. The van der Waals surface area contributed by atoms with E-state index in [1.807, 2.05) is 12.1 Å². The normalized spacial score (nSPS) is 10.7. The molecule has 1 N–H and O–H groups in total. The summed E-state index contributed by atoms with van der Waals surface area (Å²) in [4.78, 5) is 20.3. The minimum Gasteiger partial charge on any atom is -0.492 e. The van der Waals surface area contributed by atoms with Crippen molar-refractivity contribution in [3.8, 4) is 5.75 Å². The van der Waals surface area contributed by atoms with Crippen LogP contribution in [-0.2, 0) is 6.54 Å². The van der Waals surface area contributed by atoms with E-state index in [0.717, 1.165) is 5.69 Å². The maximum Gasteiger partial charge on any atom is 0.258 e. The molecule has 11 heteroatoms. The van der Waals surface area contributed by atoms with Crippen molar-refractivity contribution in [3.05, 3.63) is 89.7 Å². The van der Waals surface area contributed by atoms with Gasteiger partial charge in [0, 0.05) is 41.8 Å². The summed E-state index contributed by atoms with van der Waals surface area (Å²) in [5.41, 5.74) is 1.39. The number of tetrazole rings is 1. The number of pyridine rings is 1. The molecule has 2 aromatic heterocycles. The molecule has 0 saturated heterocycles. The molecule has 2 heterocycles. The Kier molecular flexibility index (Phi) is 8.18. The molecule has 0 spiro atoms. The SMILES string of the molecule is O=C(c1cc(Cl)cc(OCCNc2ccncc2)c1)N(CCCn1ncnn1)c1ccccc1F. The van der Waals surface area contributed by atoms with Crippen molar-refractivity contribution < 1.29 is 13.9 Å². The number of halogens is 2. The molecule has 0 aliphatic heterocycles. The Labute approximate surface area is 206 Å². The van der Waals surface area contributed by atoms with E-state index < -0.39 is 11.7 Å². The Bertz CT molecular complexity index is 1240. The molecule has 4 aromatic rings. The molecule has 0 bridgehead atoms. The molecule has 9 nitrogen and oxygen atoms in total. The van der Waals surface area contributed by atoms with Crippen molar-refractivity contribution >= 4 is 28.9 Å². The van der Waals surface area contributed by atoms with Crippen LogP contribution in [0.1, 0.15) is 16.8 Å². The number of hydrogen-bond donors (Lipinski definition) is 1. The Balaban J connectivity index is 1.46. The predicted octanol–water partition coefficient (Wildman–Crippen LogP) is 4.09. The first-order valence-corrected chi connectivity index (χ1v) is 11.3. The average molecular weight is 496 g/mol. The van der Waals surface area contributed by atoms with Gasteiger partial charge in [-0.1, -0.05) is 23.7 Å². The third-order valence-corrected chi connectivity index (χ3v) is 5.24. The lowest BCUT2D eigenvalue weighted by Crippen LogP contribution is -2.33. The maximum atomic E-state index is 14.6. The highest BCUT2D eigenvalue weighted by atomic mass is 35.5. The molecule has 35 heavy (non-hydrogen) atoms. The molecule has 180 valence electrons. The van der Waals surface area contributed by atoms with Gasteiger partial charge in [-0.2, -0.15) is 4.80 Å². The number of aryl methyl sites for hydroxylation is 1. The van der Waals surface area contributed by atoms with Crippen LogP contribution in [0.2, 0.25) is 5.02 Å². The predicted molar refractivity (Wildman–Crippen MR) is 130 cm³/mol. The minimum absolute atomic E-state index is 0.174. The first-order valence-electron chi connectivity index (χ1n) is 10.9. The van der Waals surface area contributed by atoms with Crippen LogP contribution in [0.25, 0.3) is 0 Å². The van der Waals surface area contributed by atoms with Crippen LogP contribution in [-0.4, -0.2) is 50.8 Å². The van der Waals surface area contributed by atoms with E-state index in [9.17, 15) is 9.18 Å². The fraction of sp³-hybridized carbons (Fsp3) is 0.208.